The van der Waals surface area contributed by atoms with Gasteiger partial charge in [-0.2, -0.15) is 0 Å². The molecule has 1 atom stereocenters. The van der Waals surface area contributed by atoms with Crippen LogP contribution in [-0.4, -0.2) is 5.11 Å². The average Bonchev–Trinajstić information content (AvgIpc) is 2.67. The van der Waals surface area contributed by atoms with Gasteiger partial charge in [-0.15, -0.1) is 11.3 Å². The third-order valence-corrected chi connectivity index (χ3v) is 4.26. The van der Waals surface area contributed by atoms with E-state index in [-0.39, 0.29) is 6.04 Å². The summed E-state index contributed by atoms with van der Waals surface area (Å²) in [6, 6.07) is 9.22. The molecule has 1 aromatic heterocycles. The van der Waals surface area contributed by atoms with Gasteiger partial charge in [0.05, 0.1) is 8.67 Å². The van der Waals surface area contributed by atoms with Crippen LogP contribution in [0.1, 0.15) is 24.1 Å². The first-order chi connectivity index (χ1) is 8.58. The van der Waals surface area contributed by atoms with Crippen molar-refractivity contribution >= 4 is 34.5 Å². The number of rotatable bonds is 4. The van der Waals surface area contributed by atoms with Gasteiger partial charge in [0.15, 0.2) is 0 Å². The van der Waals surface area contributed by atoms with Gasteiger partial charge in [0.2, 0.25) is 0 Å². The van der Waals surface area contributed by atoms with E-state index >= 15 is 0 Å². The smallest absolute Gasteiger partial charge is 0.120 e. The summed E-state index contributed by atoms with van der Waals surface area (Å²) in [6.45, 7) is 2.60. The predicted molar refractivity (Wildman–Crippen MR) is 77.7 cm³/mol. The van der Waals surface area contributed by atoms with Gasteiger partial charge in [0.1, 0.15) is 5.75 Å². The van der Waals surface area contributed by atoms with Crippen molar-refractivity contribution in [1.29, 1.82) is 0 Å². The third kappa shape index (κ3) is 3.18. The number of halogens is 2. The number of aromatic hydroxyl groups is 1. The van der Waals surface area contributed by atoms with Gasteiger partial charge in [-0.05, 0) is 24.6 Å². The summed E-state index contributed by atoms with van der Waals surface area (Å²) in [5, 5.41) is 13.0. The minimum Gasteiger partial charge on any atom is -0.508 e. The van der Waals surface area contributed by atoms with Crippen molar-refractivity contribution in [3.8, 4) is 5.75 Å². The molecule has 0 saturated heterocycles. The van der Waals surface area contributed by atoms with Crippen molar-refractivity contribution in [2.75, 3.05) is 0 Å². The molecule has 0 aliphatic rings. The molecule has 1 aromatic carbocycles. The average molecular weight is 302 g/mol. The monoisotopic (exact) mass is 301 g/mol. The molecule has 18 heavy (non-hydrogen) atoms. The Bertz CT molecular complexity index is 542. The van der Waals surface area contributed by atoms with Crippen LogP contribution in [-0.2, 0) is 6.54 Å². The third-order valence-electron chi connectivity index (χ3n) is 2.74. The first-order valence-corrected chi connectivity index (χ1v) is 7.10. The van der Waals surface area contributed by atoms with Crippen LogP contribution in [0, 0.1) is 0 Å². The quantitative estimate of drug-likeness (QED) is 0.864. The standard InChI is InChI=1S/C13H13Cl2NOS/c1-8(10-6-12(14)18-13(10)15)16-7-9-4-2-3-5-11(9)17/h2-6,8,16-17H,7H2,1H3. The number of para-hydroxylation sites is 1. The van der Waals surface area contributed by atoms with E-state index in [1.807, 2.05) is 25.1 Å². The number of nitrogens with one attached hydrogen (secondary N) is 1. The summed E-state index contributed by atoms with van der Waals surface area (Å²) in [5.41, 5.74) is 1.85. The topological polar surface area (TPSA) is 32.3 Å². The van der Waals surface area contributed by atoms with Crippen LogP contribution in [0.4, 0.5) is 0 Å². The van der Waals surface area contributed by atoms with E-state index in [4.69, 9.17) is 23.2 Å². The number of phenolic OH excluding ortho intramolecular Hbond substituents is 1. The Kier molecular flexibility index (Phi) is 4.51. The Hall–Kier alpha value is -0.740. The van der Waals surface area contributed by atoms with Gasteiger partial charge in [0.25, 0.3) is 0 Å². The molecule has 0 aliphatic heterocycles. The van der Waals surface area contributed by atoms with Gasteiger partial charge >= 0.3 is 0 Å². The van der Waals surface area contributed by atoms with Crippen molar-refractivity contribution < 1.29 is 5.11 Å². The number of hydrogen-bond donors (Lipinski definition) is 2. The lowest BCUT2D eigenvalue weighted by molar-refractivity contribution is 0.460. The van der Waals surface area contributed by atoms with Crippen LogP contribution >= 0.6 is 34.5 Å². The highest BCUT2D eigenvalue weighted by Gasteiger charge is 2.13. The summed E-state index contributed by atoms with van der Waals surface area (Å²) in [7, 11) is 0. The van der Waals surface area contributed by atoms with Crippen molar-refractivity contribution in [2.24, 2.45) is 0 Å². The largest absolute Gasteiger partial charge is 0.508 e. The van der Waals surface area contributed by atoms with E-state index in [0.717, 1.165) is 11.1 Å². The molecule has 1 heterocycles. The first-order valence-electron chi connectivity index (χ1n) is 5.53. The molecule has 0 aliphatic carbocycles. The van der Waals surface area contributed by atoms with E-state index in [9.17, 15) is 5.11 Å². The second kappa shape index (κ2) is 5.93. The number of thiophene rings is 1. The number of benzene rings is 1. The maximum Gasteiger partial charge on any atom is 0.120 e. The normalized spacial score (nSPS) is 12.6. The SMILES string of the molecule is CC(NCc1ccccc1O)c1cc(Cl)sc1Cl. The van der Waals surface area contributed by atoms with Crippen LogP contribution < -0.4 is 5.32 Å². The zero-order valence-corrected chi connectivity index (χ0v) is 12.1. The molecule has 2 rings (SSSR count). The van der Waals surface area contributed by atoms with Gasteiger partial charge in [-0.3, -0.25) is 0 Å². The van der Waals surface area contributed by atoms with Gasteiger partial charge in [-0.1, -0.05) is 41.4 Å². The highest BCUT2D eigenvalue weighted by molar-refractivity contribution is 7.20. The second-order valence-corrected chi connectivity index (χ2v) is 6.30. The molecule has 2 N–H and O–H groups in total. The molecule has 2 aromatic rings. The lowest BCUT2D eigenvalue weighted by atomic mass is 10.1. The van der Waals surface area contributed by atoms with Crippen molar-refractivity contribution in [2.45, 2.75) is 19.5 Å². The van der Waals surface area contributed by atoms with E-state index in [1.54, 1.807) is 12.1 Å². The molecule has 0 radical (unpaired) electrons. The van der Waals surface area contributed by atoms with E-state index in [0.29, 0.717) is 21.0 Å². The van der Waals surface area contributed by atoms with E-state index < -0.39 is 0 Å². The minimum atomic E-state index is 0.0841. The van der Waals surface area contributed by atoms with Crippen LogP contribution in [0.15, 0.2) is 30.3 Å². The lowest BCUT2D eigenvalue weighted by Crippen LogP contribution is -2.17. The molecule has 0 fully saturated rings. The minimum absolute atomic E-state index is 0.0841. The zero-order valence-electron chi connectivity index (χ0n) is 9.78. The summed E-state index contributed by atoms with van der Waals surface area (Å²) >= 11 is 13.4. The molecule has 0 saturated carbocycles. The fraction of sp³-hybridized carbons (Fsp3) is 0.231. The van der Waals surface area contributed by atoms with Crippen LogP contribution in [0.3, 0.4) is 0 Å². The summed E-state index contributed by atoms with van der Waals surface area (Å²) in [6.07, 6.45) is 0. The van der Waals surface area contributed by atoms with Crippen molar-refractivity contribution in [3.63, 3.8) is 0 Å². The zero-order chi connectivity index (χ0) is 13.1. The second-order valence-electron chi connectivity index (χ2n) is 4.01. The molecule has 0 spiro atoms. The number of phenols is 1. The van der Waals surface area contributed by atoms with Gasteiger partial charge in [-0.25, -0.2) is 0 Å². The summed E-state index contributed by atoms with van der Waals surface area (Å²) in [5.74, 6) is 0.298. The van der Waals surface area contributed by atoms with Crippen molar-refractivity contribution in [1.82, 2.24) is 5.32 Å². The maximum absolute atomic E-state index is 9.67. The Labute approximate surface area is 120 Å². The van der Waals surface area contributed by atoms with Gasteiger partial charge in [0, 0.05) is 18.2 Å². The molecule has 1 unspecified atom stereocenters. The van der Waals surface area contributed by atoms with Crippen LogP contribution in [0.2, 0.25) is 8.67 Å². The molecule has 5 heteroatoms. The highest BCUT2D eigenvalue weighted by Crippen LogP contribution is 2.35. The van der Waals surface area contributed by atoms with Gasteiger partial charge < -0.3 is 10.4 Å². The molecule has 0 bridgehead atoms. The maximum atomic E-state index is 9.67. The molecule has 96 valence electrons. The summed E-state index contributed by atoms with van der Waals surface area (Å²) < 4.78 is 1.39. The fourth-order valence-corrected chi connectivity index (χ4v) is 3.33. The molecular weight excluding hydrogens is 289 g/mol. The van der Waals surface area contributed by atoms with Crippen LogP contribution in [0.5, 0.6) is 5.75 Å². The molecule has 0 amide bonds. The number of hydrogen-bond acceptors (Lipinski definition) is 3. The Morgan fingerprint density at radius 3 is 2.67 bits per heavy atom. The van der Waals surface area contributed by atoms with E-state index in [2.05, 4.69) is 5.32 Å². The fourth-order valence-electron chi connectivity index (χ4n) is 1.68. The molecule has 2 nitrogen and oxygen atoms in total. The Balaban J connectivity index is 2.03. The van der Waals surface area contributed by atoms with Crippen LogP contribution in [0.25, 0.3) is 0 Å². The Morgan fingerprint density at radius 1 is 1.33 bits per heavy atom. The predicted octanol–water partition coefficient (Wildman–Crippen LogP) is 4.61. The lowest BCUT2D eigenvalue weighted by Gasteiger charge is -2.13. The van der Waals surface area contributed by atoms with Crippen molar-refractivity contribution in [3.05, 3.63) is 50.1 Å². The molecular formula is C13H13Cl2NOS. The summed E-state index contributed by atoms with van der Waals surface area (Å²) in [4.78, 5) is 0. The Morgan fingerprint density at radius 2 is 2.06 bits per heavy atom. The first kappa shape index (κ1) is 13.7. The van der Waals surface area contributed by atoms with E-state index in [1.165, 1.54) is 11.3 Å². The highest BCUT2D eigenvalue weighted by atomic mass is 35.5.